The quantitative estimate of drug-likeness (QED) is 0.860. The molecule has 1 aromatic rings. The van der Waals surface area contributed by atoms with Crippen LogP contribution in [0.4, 0.5) is 0 Å². The average molecular weight is 250 g/mol. The first-order chi connectivity index (χ1) is 8.76. The van der Waals surface area contributed by atoms with Crippen LogP contribution in [0.25, 0.3) is 0 Å². The Balaban J connectivity index is 2.01. The van der Waals surface area contributed by atoms with Crippen molar-refractivity contribution in [3.05, 3.63) is 23.8 Å². The van der Waals surface area contributed by atoms with Crippen molar-refractivity contribution in [2.75, 3.05) is 33.9 Å². The third-order valence-corrected chi connectivity index (χ3v) is 3.56. The van der Waals surface area contributed by atoms with Gasteiger partial charge in [0.15, 0.2) is 11.5 Å². The fourth-order valence-corrected chi connectivity index (χ4v) is 2.49. The van der Waals surface area contributed by atoms with Crippen molar-refractivity contribution in [1.82, 2.24) is 4.90 Å². The molecule has 4 heteroatoms. The summed E-state index contributed by atoms with van der Waals surface area (Å²) in [5, 5.41) is 0. The van der Waals surface area contributed by atoms with Crippen molar-refractivity contribution < 1.29 is 9.47 Å². The molecule has 0 radical (unpaired) electrons. The third kappa shape index (κ3) is 2.94. The van der Waals surface area contributed by atoms with Crippen LogP contribution >= 0.6 is 0 Å². The SMILES string of the molecule is COc1ccc(CN2CCC(CN)C2)cc1OC. The van der Waals surface area contributed by atoms with Gasteiger partial charge in [-0.25, -0.2) is 0 Å². The normalized spacial score (nSPS) is 20.1. The predicted octanol–water partition coefficient (Wildman–Crippen LogP) is 1.48. The fraction of sp³-hybridized carbons (Fsp3) is 0.571. The largest absolute Gasteiger partial charge is 0.493 e. The lowest BCUT2D eigenvalue weighted by Gasteiger charge is -2.17. The van der Waals surface area contributed by atoms with E-state index in [1.165, 1.54) is 12.0 Å². The summed E-state index contributed by atoms with van der Waals surface area (Å²) in [6, 6.07) is 6.11. The Kier molecular flexibility index (Phi) is 4.44. The molecule has 2 N–H and O–H groups in total. The van der Waals surface area contributed by atoms with Crippen LogP contribution in [-0.4, -0.2) is 38.8 Å². The van der Waals surface area contributed by atoms with E-state index in [2.05, 4.69) is 17.0 Å². The first-order valence-corrected chi connectivity index (χ1v) is 6.40. The van der Waals surface area contributed by atoms with Crippen molar-refractivity contribution in [1.29, 1.82) is 0 Å². The van der Waals surface area contributed by atoms with Crippen LogP contribution in [0.2, 0.25) is 0 Å². The second kappa shape index (κ2) is 6.07. The van der Waals surface area contributed by atoms with Crippen LogP contribution in [-0.2, 0) is 6.54 Å². The van der Waals surface area contributed by atoms with Gasteiger partial charge in [-0.05, 0) is 43.1 Å². The number of likely N-dealkylation sites (tertiary alicyclic amines) is 1. The van der Waals surface area contributed by atoms with Crippen molar-refractivity contribution >= 4 is 0 Å². The zero-order valence-corrected chi connectivity index (χ0v) is 11.2. The summed E-state index contributed by atoms with van der Waals surface area (Å²) in [6.07, 6.45) is 1.21. The minimum atomic E-state index is 0.658. The van der Waals surface area contributed by atoms with Gasteiger partial charge >= 0.3 is 0 Å². The predicted molar refractivity (Wildman–Crippen MR) is 72.0 cm³/mol. The highest BCUT2D eigenvalue weighted by molar-refractivity contribution is 5.42. The van der Waals surface area contributed by atoms with Crippen molar-refractivity contribution in [2.45, 2.75) is 13.0 Å². The van der Waals surface area contributed by atoms with E-state index in [4.69, 9.17) is 15.2 Å². The molecular formula is C14H22N2O2. The zero-order valence-electron chi connectivity index (χ0n) is 11.2. The Labute approximate surface area is 109 Å². The van der Waals surface area contributed by atoms with E-state index in [0.717, 1.165) is 37.7 Å². The number of hydrogen-bond donors (Lipinski definition) is 1. The lowest BCUT2D eigenvalue weighted by atomic mass is 10.1. The van der Waals surface area contributed by atoms with Gasteiger partial charge < -0.3 is 15.2 Å². The summed E-state index contributed by atoms with van der Waals surface area (Å²) in [7, 11) is 3.33. The highest BCUT2D eigenvalue weighted by Crippen LogP contribution is 2.28. The summed E-state index contributed by atoms with van der Waals surface area (Å²) in [5.41, 5.74) is 6.96. The molecule has 2 rings (SSSR count). The van der Waals surface area contributed by atoms with E-state index in [-0.39, 0.29) is 0 Å². The van der Waals surface area contributed by atoms with Crippen LogP contribution in [0.3, 0.4) is 0 Å². The van der Waals surface area contributed by atoms with Crippen molar-refractivity contribution in [2.24, 2.45) is 11.7 Å². The molecule has 0 amide bonds. The van der Waals surface area contributed by atoms with Gasteiger partial charge in [0.05, 0.1) is 14.2 Å². The minimum absolute atomic E-state index is 0.658. The number of ether oxygens (including phenoxy) is 2. The Hall–Kier alpha value is -1.26. The molecule has 100 valence electrons. The molecule has 1 aliphatic heterocycles. The molecule has 0 aliphatic carbocycles. The van der Waals surface area contributed by atoms with Gasteiger partial charge in [0, 0.05) is 13.1 Å². The topological polar surface area (TPSA) is 47.7 Å². The summed E-state index contributed by atoms with van der Waals surface area (Å²) >= 11 is 0. The second-order valence-corrected chi connectivity index (χ2v) is 4.81. The summed E-state index contributed by atoms with van der Waals surface area (Å²) < 4.78 is 10.6. The van der Waals surface area contributed by atoms with Crippen LogP contribution in [0.1, 0.15) is 12.0 Å². The first kappa shape index (κ1) is 13.2. The molecule has 1 unspecified atom stereocenters. The number of hydrogen-bond acceptors (Lipinski definition) is 4. The maximum absolute atomic E-state index is 5.71. The molecule has 1 aromatic carbocycles. The number of rotatable bonds is 5. The maximum atomic E-state index is 5.71. The molecule has 4 nitrogen and oxygen atoms in total. The van der Waals surface area contributed by atoms with Crippen LogP contribution < -0.4 is 15.2 Å². The van der Waals surface area contributed by atoms with Gasteiger partial charge in [0.25, 0.3) is 0 Å². The summed E-state index contributed by atoms with van der Waals surface area (Å²) in [5.74, 6) is 2.23. The molecule has 1 heterocycles. The Morgan fingerprint density at radius 1 is 1.28 bits per heavy atom. The molecular weight excluding hydrogens is 228 g/mol. The fourth-order valence-electron chi connectivity index (χ4n) is 2.49. The Bertz CT molecular complexity index is 395. The van der Waals surface area contributed by atoms with Crippen molar-refractivity contribution in [3.63, 3.8) is 0 Å². The minimum Gasteiger partial charge on any atom is -0.493 e. The third-order valence-electron chi connectivity index (χ3n) is 3.56. The van der Waals surface area contributed by atoms with E-state index in [0.29, 0.717) is 5.92 Å². The standard InChI is InChI=1S/C14H22N2O2/c1-17-13-4-3-11(7-14(13)18-2)9-16-6-5-12(8-15)10-16/h3-4,7,12H,5-6,8-10,15H2,1-2H3. The number of nitrogens with two attached hydrogens (primary N) is 1. The Morgan fingerprint density at radius 2 is 2.06 bits per heavy atom. The van der Waals surface area contributed by atoms with E-state index in [1.807, 2.05) is 6.07 Å². The lowest BCUT2D eigenvalue weighted by molar-refractivity contribution is 0.315. The van der Waals surface area contributed by atoms with E-state index in [9.17, 15) is 0 Å². The van der Waals surface area contributed by atoms with Gasteiger partial charge in [0.1, 0.15) is 0 Å². The van der Waals surface area contributed by atoms with Crippen LogP contribution in [0, 0.1) is 5.92 Å². The van der Waals surface area contributed by atoms with Gasteiger partial charge in [-0.1, -0.05) is 6.07 Å². The van der Waals surface area contributed by atoms with Crippen molar-refractivity contribution in [3.8, 4) is 11.5 Å². The summed E-state index contributed by atoms with van der Waals surface area (Å²) in [4.78, 5) is 2.44. The smallest absolute Gasteiger partial charge is 0.161 e. The maximum Gasteiger partial charge on any atom is 0.161 e. The number of methoxy groups -OCH3 is 2. The number of benzene rings is 1. The molecule has 1 atom stereocenters. The zero-order chi connectivity index (χ0) is 13.0. The molecule has 1 aliphatic rings. The molecule has 1 saturated heterocycles. The average Bonchev–Trinajstić information content (AvgIpc) is 2.86. The Morgan fingerprint density at radius 3 is 2.67 bits per heavy atom. The van der Waals surface area contributed by atoms with Gasteiger partial charge in [-0.3, -0.25) is 4.90 Å². The summed E-state index contributed by atoms with van der Waals surface area (Å²) in [6.45, 7) is 3.99. The van der Waals surface area contributed by atoms with Gasteiger partial charge in [-0.2, -0.15) is 0 Å². The molecule has 0 saturated carbocycles. The van der Waals surface area contributed by atoms with Crippen LogP contribution in [0.5, 0.6) is 11.5 Å². The lowest BCUT2D eigenvalue weighted by Crippen LogP contribution is -2.22. The van der Waals surface area contributed by atoms with E-state index < -0.39 is 0 Å². The van der Waals surface area contributed by atoms with Crippen LogP contribution in [0.15, 0.2) is 18.2 Å². The first-order valence-electron chi connectivity index (χ1n) is 6.40. The van der Waals surface area contributed by atoms with Gasteiger partial charge in [-0.15, -0.1) is 0 Å². The molecule has 0 spiro atoms. The molecule has 0 aromatic heterocycles. The van der Waals surface area contributed by atoms with E-state index in [1.54, 1.807) is 14.2 Å². The van der Waals surface area contributed by atoms with Gasteiger partial charge in [0.2, 0.25) is 0 Å². The molecule has 0 bridgehead atoms. The highest BCUT2D eigenvalue weighted by Gasteiger charge is 2.21. The molecule has 18 heavy (non-hydrogen) atoms. The second-order valence-electron chi connectivity index (χ2n) is 4.81. The van der Waals surface area contributed by atoms with E-state index >= 15 is 0 Å². The highest BCUT2D eigenvalue weighted by atomic mass is 16.5. The number of nitrogens with zero attached hydrogens (tertiary/aromatic N) is 1. The monoisotopic (exact) mass is 250 g/mol. The molecule has 1 fully saturated rings.